The summed E-state index contributed by atoms with van der Waals surface area (Å²) < 4.78 is 0. The van der Waals surface area contributed by atoms with Crippen LogP contribution in [0.25, 0.3) is 0 Å². The van der Waals surface area contributed by atoms with E-state index >= 15 is 0 Å². The predicted molar refractivity (Wildman–Crippen MR) is 138 cm³/mol. The molecular weight excluding hydrogens is 414 g/mol. The number of rotatable bonds is 11. The average Bonchev–Trinajstić information content (AvgIpc) is 2.77. The van der Waals surface area contributed by atoms with Crippen molar-refractivity contribution in [2.75, 3.05) is 23.8 Å². The third-order valence-electron chi connectivity index (χ3n) is 6.24. The van der Waals surface area contributed by atoms with Gasteiger partial charge in [0.2, 0.25) is 0 Å². The number of pyridine rings is 1. The molecular formula is C26H39N5O2. The molecule has 1 aromatic heterocycles. The topological polar surface area (TPSA) is 101 Å². The lowest BCUT2D eigenvalue weighted by Gasteiger charge is -2.34. The molecule has 0 saturated carbocycles. The van der Waals surface area contributed by atoms with E-state index in [1.165, 1.54) is 6.21 Å². The molecule has 0 saturated heterocycles. The van der Waals surface area contributed by atoms with Crippen LogP contribution in [-0.2, 0) is 13.0 Å². The van der Waals surface area contributed by atoms with Gasteiger partial charge in [0.1, 0.15) is 0 Å². The number of hydrogen-bond acceptors (Lipinski definition) is 5. The number of H-pyrrole nitrogens is 1. The lowest BCUT2D eigenvalue weighted by molar-refractivity contribution is 0.0950. The Bertz CT molecular complexity index is 1060. The highest BCUT2D eigenvalue weighted by molar-refractivity contribution is 6.04. The van der Waals surface area contributed by atoms with Gasteiger partial charge in [0, 0.05) is 60.5 Å². The minimum absolute atomic E-state index is 0.156. The summed E-state index contributed by atoms with van der Waals surface area (Å²) in [6, 6.07) is 4.01. The first kappa shape index (κ1) is 26.2. The molecule has 1 aromatic carbocycles. The van der Waals surface area contributed by atoms with Crippen LogP contribution in [0.1, 0.15) is 78.8 Å². The van der Waals surface area contributed by atoms with Gasteiger partial charge < -0.3 is 25.9 Å². The number of carbonyl (C=O) groups is 1. The lowest BCUT2D eigenvalue weighted by Crippen LogP contribution is -2.36. The first-order valence-electron chi connectivity index (χ1n) is 11.9. The molecule has 0 bridgehead atoms. The summed E-state index contributed by atoms with van der Waals surface area (Å²) in [5.74, 6) is -0.222. The van der Waals surface area contributed by atoms with Crippen LogP contribution in [-0.4, -0.2) is 36.7 Å². The van der Waals surface area contributed by atoms with Crippen molar-refractivity contribution in [3.05, 3.63) is 56.0 Å². The number of aromatic amines is 1. The molecule has 2 rings (SSSR count). The molecule has 0 aliphatic heterocycles. The molecule has 0 radical (unpaired) electrons. The van der Waals surface area contributed by atoms with E-state index in [1.807, 2.05) is 32.9 Å². The Balaban J connectivity index is 2.57. The van der Waals surface area contributed by atoms with Gasteiger partial charge in [-0.3, -0.25) is 9.59 Å². The Kier molecular flexibility index (Phi) is 9.26. The molecule has 33 heavy (non-hydrogen) atoms. The van der Waals surface area contributed by atoms with Crippen LogP contribution >= 0.6 is 0 Å². The fourth-order valence-electron chi connectivity index (χ4n) is 4.60. The number of aromatic nitrogens is 1. The fraction of sp³-hybridized carbons (Fsp3) is 0.500. The van der Waals surface area contributed by atoms with E-state index in [-0.39, 0.29) is 24.1 Å². The zero-order valence-electron chi connectivity index (χ0n) is 21.1. The maximum Gasteiger partial charge on any atom is 0.253 e. The van der Waals surface area contributed by atoms with Crippen molar-refractivity contribution in [1.29, 1.82) is 5.41 Å². The third-order valence-corrected chi connectivity index (χ3v) is 6.24. The molecule has 1 heterocycles. The van der Waals surface area contributed by atoms with Crippen molar-refractivity contribution in [3.8, 4) is 0 Å². The molecule has 7 nitrogen and oxygen atoms in total. The van der Waals surface area contributed by atoms with Crippen molar-refractivity contribution in [3.63, 3.8) is 0 Å². The number of carbonyl (C=O) groups excluding carboxylic acids is 1. The van der Waals surface area contributed by atoms with Gasteiger partial charge in [-0.15, -0.1) is 0 Å². The summed E-state index contributed by atoms with van der Waals surface area (Å²) in [4.78, 5) is 30.9. The molecule has 0 aliphatic carbocycles. The van der Waals surface area contributed by atoms with Crippen molar-refractivity contribution < 1.29 is 4.79 Å². The molecule has 1 atom stereocenters. The van der Waals surface area contributed by atoms with E-state index in [2.05, 4.69) is 41.3 Å². The van der Waals surface area contributed by atoms with Crippen LogP contribution in [0.5, 0.6) is 0 Å². The molecule has 1 unspecified atom stereocenters. The van der Waals surface area contributed by atoms with Crippen LogP contribution in [0.4, 0.5) is 11.4 Å². The number of anilines is 2. The summed E-state index contributed by atoms with van der Waals surface area (Å²) in [6.07, 6.45) is 4.11. The number of aryl methyl sites for hydroxylation is 2. The van der Waals surface area contributed by atoms with Crippen molar-refractivity contribution in [2.45, 2.75) is 73.4 Å². The standard InChI is InChI=1S/C26H39N5O2/c1-8-11-18(6)31(10-3)24-19(9-2)20(13-23(28-7)21(24)14-27)25(32)29-15-22-16(4)12-17(5)30-26(22)33/h12-14,18,27-28H,8-11,15H2,1-7H3,(H,29,32)(H,30,33). The van der Waals surface area contributed by atoms with Gasteiger partial charge in [-0.2, -0.15) is 0 Å². The van der Waals surface area contributed by atoms with Gasteiger partial charge in [0.05, 0.1) is 5.69 Å². The Hall–Kier alpha value is -3.09. The fourth-order valence-corrected chi connectivity index (χ4v) is 4.60. The Morgan fingerprint density at radius 1 is 1.21 bits per heavy atom. The van der Waals surface area contributed by atoms with E-state index in [1.54, 1.807) is 7.05 Å². The van der Waals surface area contributed by atoms with E-state index < -0.39 is 0 Å². The van der Waals surface area contributed by atoms with E-state index in [0.29, 0.717) is 17.5 Å². The van der Waals surface area contributed by atoms with Crippen LogP contribution in [0, 0.1) is 19.3 Å². The second kappa shape index (κ2) is 11.7. The third kappa shape index (κ3) is 5.64. The number of benzene rings is 1. The van der Waals surface area contributed by atoms with Gasteiger partial charge in [-0.05, 0) is 63.8 Å². The molecule has 4 N–H and O–H groups in total. The molecule has 7 heteroatoms. The quantitative estimate of drug-likeness (QED) is 0.375. The molecule has 1 amide bonds. The predicted octanol–water partition coefficient (Wildman–Crippen LogP) is 4.54. The Labute approximate surface area is 197 Å². The van der Waals surface area contributed by atoms with Gasteiger partial charge in [-0.1, -0.05) is 20.3 Å². The smallest absolute Gasteiger partial charge is 0.253 e. The highest BCUT2D eigenvalue weighted by Gasteiger charge is 2.25. The Morgan fingerprint density at radius 2 is 1.91 bits per heavy atom. The van der Waals surface area contributed by atoms with Crippen molar-refractivity contribution >= 4 is 23.5 Å². The highest BCUT2D eigenvalue weighted by atomic mass is 16.1. The van der Waals surface area contributed by atoms with E-state index in [4.69, 9.17) is 5.41 Å². The Morgan fingerprint density at radius 3 is 2.42 bits per heavy atom. The zero-order chi connectivity index (χ0) is 24.7. The molecule has 180 valence electrons. The number of nitrogens with zero attached hydrogens (tertiary/aromatic N) is 1. The number of nitrogens with one attached hydrogen (secondary N) is 4. The van der Waals surface area contributed by atoms with Crippen LogP contribution < -0.4 is 21.1 Å². The zero-order valence-corrected chi connectivity index (χ0v) is 21.1. The number of amides is 1. The first-order chi connectivity index (χ1) is 15.7. The first-order valence-corrected chi connectivity index (χ1v) is 11.9. The minimum atomic E-state index is -0.222. The van der Waals surface area contributed by atoms with Crippen LogP contribution in [0.2, 0.25) is 0 Å². The second-order valence-corrected chi connectivity index (χ2v) is 8.51. The van der Waals surface area contributed by atoms with Crippen LogP contribution in [0.15, 0.2) is 16.9 Å². The van der Waals surface area contributed by atoms with E-state index in [0.717, 1.165) is 53.1 Å². The lowest BCUT2D eigenvalue weighted by atomic mass is 9.94. The monoisotopic (exact) mass is 453 g/mol. The van der Waals surface area contributed by atoms with Gasteiger partial charge in [-0.25, -0.2) is 0 Å². The summed E-state index contributed by atoms with van der Waals surface area (Å²) in [6.45, 7) is 13.2. The van der Waals surface area contributed by atoms with Gasteiger partial charge in [0.25, 0.3) is 11.5 Å². The average molecular weight is 454 g/mol. The largest absolute Gasteiger partial charge is 0.388 e. The maximum absolute atomic E-state index is 13.4. The number of hydrogen-bond donors (Lipinski definition) is 4. The SMILES string of the molecule is CCCC(C)N(CC)c1c(C=N)c(NC)cc(C(=O)NCc2c(C)cc(C)[nH]c2=O)c1CC. The summed E-state index contributed by atoms with van der Waals surface area (Å²) >= 11 is 0. The summed E-state index contributed by atoms with van der Waals surface area (Å²) in [5, 5.41) is 14.2. The van der Waals surface area contributed by atoms with Crippen LogP contribution in [0.3, 0.4) is 0 Å². The summed E-state index contributed by atoms with van der Waals surface area (Å²) in [7, 11) is 1.81. The normalized spacial score (nSPS) is 11.7. The highest BCUT2D eigenvalue weighted by Crippen LogP contribution is 2.35. The minimum Gasteiger partial charge on any atom is -0.388 e. The molecule has 2 aromatic rings. The second-order valence-electron chi connectivity index (χ2n) is 8.51. The summed E-state index contributed by atoms with van der Waals surface area (Å²) in [5.41, 5.74) is 6.01. The van der Waals surface area contributed by atoms with E-state index in [9.17, 15) is 9.59 Å². The van der Waals surface area contributed by atoms with Crippen molar-refractivity contribution in [1.82, 2.24) is 10.3 Å². The van der Waals surface area contributed by atoms with Crippen molar-refractivity contribution in [2.24, 2.45) is 0 Å². The van der Waals surface area contributed by atoms with Gasteiger partial charge >= 0.3 is 0 Å². The van der Waals surface area contributed by atoms with Gasteiger partial charge in [0.15, 0.2) is 0 Å². The molecule has 0 fully saturated rings. The maximum atomic E-state index is 13.4. The molecule has 0 spiro atoms. The molecule has 0 aliphatic rings.